The van der Waals surface area contributed by atoms with Gasteiger partial charge in [0.2, 0.25) is 5.75 Å². The van der Waals surface area contributed by atoms with Crippen LogP contribution < -0.4 is 28.4 Å². The van der Waals surface area contributed by atoms with Crippen LogP contribution in [0.3, 0.4) is 0 Å². The molecular formula is C25H24F3NO7S. The minimum atomic E-state index is -4.89. The van der Waals surface area contributed by atoms with Crippen molar-refractivity contribution in [1.29, 1.82) is 0 Å². The minimum Gasteiger partial charge on any atom is -0.495 e. The van der Waals surface area contributed by atoms with Gasteiger partial charge in [-0.1, -0.05) is 18.2 Å². The number of ether oxygens (including phenoxy) is 5. The van der Waals surface area contributed by atoms with E-state index in [0.717, 1.165) is 29.8 Å². The van der Waals surface area contributed by atoms with Gasteiger partial charge in [-0.3, -0.25) is 4.72 Å². The zero-order valence-electron chi connectivity index (χ0n) is 20.3. The number of halogens is 3. The Balaban J connectivity index is 1.88. The molecule has 0 aromatic heterocycles. The first-order chi connectivity index (χ1) is 17.5. The molecule has 3 aromatic rings. The molecule has 0 heterocycles. The van der Waals surface area contributed by atoms with E-state index in [1.54, 1.807) is 42.5 Å². The molecule has 0 unspecified atom stereocenters. The van der Waals surface area contributed by atoms with Crippen LogP contribution in [0.15, 0.2) is 59.5 Å². The Kier molecular flexibility index (Phi) is 8.43. The molecule has 0 bridgehead atoms. The largest absolute Gasteiger partial charge is 0.573 e. The number of sulfonamides is 1. The molecule has 1 N–H and O–H groups in total. The van der Waals surface area contributed by atoms with Crippen molar-refractivity contribution in [1.82, 2.24) is 0 Å². The van der Waals surface area contributed by atoms with Gasteiger partial charge in [0.15, 0.2) is 11.5 Å². The van der Waals surface area contributed by atoms with Gasteiger partial charge < -0.3 is 23.7 Å². The molecule has 0 saturated heterocycles. The Hall–Kier alpha value is -4.06. The molecule has 0 spiro atoms. The molecule has 8 nitrogen and oxygen atoms in total. The highest BCUT2D eigenvalue weighted by molar-refractivity contribution is 7.92. The van der Waals surface area contributed by atoms with Crippen molar-refractivity contribution in [2.45, 2.75) is 11.3 Å². The van der Waals surface area contributed by atoms with Crippen LogP contribution in [0, 0.1) is 0 Å². The summed E-state index contributed by atoms with van der Waals surface area (Å²) in [6.07, 6.45) is -1.38. The van der Waals surface area contributed by atoms with E-state index in [1.165, 1.54) is 28.4 Å². The second-order valence-electron chi connectivity index (χ2n) is 7.38. The van der Waals surface area contributed by atoms with Crippen molar-refractivity contribution < 1.29 is 45.3 Å². The number of hydrogen-bond donors (Lipinski definition) is 1. The Morgan fingerprint density at radius 1 is 0.730 bits per heavy atom. The van der Waals surface area contributed by atoms with E-state index in [0.29, 0.717) is 22.8 Å². The molecule has 0 radical (unpaired) electrons. The quantitative estimate of drug-likeness (QED) is 0.336. The van der Waals surface area contributed by atoms with Crippen molar-refractivity contribution >= 4 is 27.9 Å². The average Bonchev–Trinajstić information content (AvgIpc) is 2.86. The van der Waals surface area contributed by atoms with Crippen molar-refractivity contribution in [2.24, 2.45) is 0 Å². The number of rotatable bonds is 10. The number of benzene rings is 3. The molecular weight excluding hydrogens is 515 g/mol. The fraction of sp³-hybridized carbons (Fsp3) is 0.200. The van der Waals surface area contributed by atoms with Crippen LogP contribution in [-0.4, -0.2) is 43.2 Å². The van der Waals surface area contributed by atoms with E-state index in [-0.39, 0.29) is 16.3 Å². The van der Waals surface area contributed by atoms with Crippen LogP contribution in [-0.2, 0) is 10.0 Å². The summed E-state index contributed by atoms with van der Waals surface area (Å²) in [5.74, 6) is 1.09. The highest BCUT2D eigenvalue weighted by Crippen LogP contribution is 2.39. The van der Waals surface area contributed by atoms with Gasteiger partial charge in [0.25, 0.3) is 10.0 Å². The van der Waals surface area contributed by atoms with Crippen LogP contribution in [0.25, 0.3) is 12.2 Å². The van der Waals surface area contributed by atoms with Gasteiger partial charge >= 0.3 is 6.36 Å². The Morgan fingerprint density at radius 3 is 1.81 bits per heavy atom. The van der Waals surface area contributed by atoms with Crippen LogP contribution in [0.4, 0.5) is 18.9 Å². The SMILES string of the molecule is COc1ccc(/C=C\c2cc(OC)c(OC)c(OC)c2)cc1NS(=O)(=O)c1ccc(OC(F)(F)F)cc1. The van der Waals surface area contributed by atoms with Gasteiger partial charge in [0, 0.05) is 0 Å². The third-order valence-electron chi connectivity index (χ3n) is 4.99. The summed E-state index contributed by atoms with van der Waals surface area (Å²) in [5, 5.41) is 0. The topological polar surface area (TPSA) is 92.3 Å². The van der Waals surface area contributed by atoms with Crippen LogP contribution in [0.2, 0.25) is 0 Å². The first kappa shape index (κ1) is 27.5. The lowest BCUT2D eigenvalue weighted by molar-refractivity contribution is -0.274. The van der Waals surface area contributed by atoms with Gasteiger partial charge in [0.1, 0.15) is 11.5 Å². The number of alkyl halides is 3. The maximum absolute atomic E-state index is 12.9. The summed E-state index contributed by atoms with van der Waals surface area (Å²) >= 11 is 0. The Bertz CT molecular complexity index is 1350. The van der Waals surface area contributed by atoms with Crippen LogP contribution in [0.5, 0.6) is 28.7 Å². The monoisotopic (exact) mass is 539 g/mol. The molecule has 0 aliphatic rings. The van der Waals surface area contributed by atoms with E-state index in [2.05, 4.69) is 9.46 Å². The lowest BCUT2D eigenvalue weighted by Crippen LogP contribution is -2.17. The van der Waals surface area contributed by atoms with E-state index >= 15 is 0 Å². The first-order valence-corrected chi connectivity index (χ1v) is 12.0. The van der Waals surface area contributed by atoms with Gasteiger partial charge in [-0.05, 0) is 59.7 Å². The highest BCUT2D eigenvalue weighted by atomic mass is 32.2. The zero-order valence-corrected chi connectivity index (χ0v) is 21.1. The average molecular weight is 540 g/mol. The minimum absolute atomic E-state index is 0.130. The Labute approximate surface area is 212 Å². The predicted octanol–water partition coefficient (Wildman–Crippen LogP) is 5.59. The zero-order chi connectivity index (χ0) is 27.2. The molecule has 12 heteroatoms. The van der Waals surface area contributed by atoms with Crippen LogP contribution in [0.1, 0.15) is 11.1 Å². The van der Waals surface area contributed by atoms with E-state index in [4.69, 9.17) is 18.9 Å². The molecule has 0 saturated carbocycles. The fourth-order valence-corrected chi connectivity index (χ4v) is 4.38. The fourth-order valence-electron chi connectivity index (χ4n) is 3.32. The standard InChI is InChI=1S/C25H24F3NO7S/c1-32-21-12-7-16(5-6-17-14-22(33-2)24(35-4)23(15-17)34-3)13-20(21)29-37(30,31)19-10-8-18(9-11-19)36-25(26,27)28/h5-15,29H,1-4H3/b6-5-. The van der Waals surface area contributed by atoms with E-state index < -0.39 is 22.1 Å². The molecule has 0 fully saturated rings. The van der Waals surface area contributed by atoms with Crippen molar-refractivity contribution in [3.05, 3.63) is 65.7 Å². The number of nitrogens with one attached hydrogen (secondary N) is 1. The second kappa shape index (κ2) is 11.3. The summed E-state index contributed by atoms with van der Waals surface area (Å²) in [6, 6.07) is 12.2. The molecule has 0 amide bonds. The van der Waals surface area contributed by atoms with Gasteiger partial charge in [0.05, 0.1) is 39.0 Å². The van der Waals surface area contributed by atoms with E-state index in [9.17, 15) is 21.6 Å². The van der Waals surface area contributed by atoms with Crippen molar-refractivity contribution in [3.63, 3.8) is 0 Å². The summed E-state index contributed by atoms with van der Waals surface area (Å²) in [5.41, 5.74) is 1.49. The molecule has 0 atom stereocenters. The smallest absolute Gasteiger partial charge is 0.495 e. The molecule has 0 aliphatic heterocycles. The van der Waals surface area contributed by atoms with Gasteiger partial charge in [-0.15, -0.1) is 13.2 Å². The molecule has 0 aliphatic carbocycles. The normalized spacial score (nSPS) is 11.8. The highest BCUT2D eigenvalue weighted by Gasteiger charge is 2.31. The first-order valence-electron chi connectivity index (χ1n) is 10.5. The molecule has 37 heavy (non-hydrogen) atoms. The van der Waals surface area contributed by atoms with Gasteiger partial charge in [-0.2, -0.15) is 0 Å². The lowest BCUT2D eigenvalue weighted by atomic mass is 10.1. The van der Waals surface area contributed by atoms with E-state index in [1.807, 2.05) is 0 Å². The number of methoxy groups -OCH3 is 4. The van der Waals surface area contributed by atoms with Crippen molar-refractivity contribution in [2.75, 3.05) is 33.2 Å². The molecule has 3 rings (SSSR count). The molecule has 198 valence electrons. The van der Waals surface area contributed by atoms with Crippen LogP contribution >= 0.6 is 0 Å². The number of hydrogen-bond acceptors (Lipinski definition) is 7. The predicted molar refractivity (Wildman–Crippen MR) is 132 cm³/mol. The maximum atomic E-state index is 12.9. The van der Waals surface area contributed by atoms with Crippen molar-refractivity contribution in [3.8, 4) is 28.7 Å². The maximum Gasteiger partial charge on any atom is 0.573 e. The summed E-state index contributed by atoms with van der Waals surface area (Å²) in [7, 11) is 1.73. The Morgan fingerprint density at radius 2 is 1.30 bits per heavy atom. The second-order valence-corrected chi connectivity index (χ2v) is 9.06. The summed E-state index contributed by atoms with van der Waals surface area (Å²) in [4.78, 5) is -0.262. The van der Waals surface area contributed by atoms with Gasteiger partial charge in [-0.25, -0.2) is 8.42 Å². The number of anilines is 1. The summed E-state index contributed by atoms with van der Waals surface area (Å²) < 4.78 is 90.3. The molecule has 3 aromatic carbocycles. The summed E-state index contributed by atoms with van der Waals surface area (Å²) in [6.45, 7) is 0. The third-order valence-corrected chi connectivity index (χ3v) is 6.37. The third kappa shape index (κ3) is 7.00. The lowest BCUT2D eigenvalue weighted by Gasteiger charge is -2.14.